The Bertz CT molecular complexity index is 500. The molecule has 0 radical (unpaired) electrons. The summed E-state index contributed by atoms with van der Waals surface area (Å²) in [6.07, 6.45) is 0. The van der Waals surface area contributed by atoms with Crippen molar-refractivity contribution in [1.29, 1.82) is 0 Å². The second-order valence-corrected chi connectivity index (χ2v) is 6.23. The zero-order chi connectivity index (χ0) is 16.2. The Morgan fingerprint density at radius 3 is 1.50 bits per heavy atom. The van der Waals surface area contributed by atoms with Crippen molar-refractivity contribution in [2.24, 2.45) is 0 Å². The zero-order valence-electron chi connectivity index (χ0n) is 9.59. The lowest BCUT2D eigenvalue weighted by molar-refractivity contribution is -0.0881. The normalized spacial score (nSPS) is 12.4. The average Bonchev–Trinajstić information content (AvgIpc) is 2.28. The van der Waals surface area contributed by atoms with Crippen molar-refractivity contribution in [1.82, 2.24) is 0 Å². The molecule has 0 aliphatic rings. The lowest BCUT2D eigenvalue weighted by Crippen LogP contribution is -2.36. The SMILES string of the molecule is COc1ccc(I)cc1.O=S(=O)(C(F)(F)F)C(F)(F)F. The Morgan fingerprint density at radius 2 is 1.30 bits per heavy atom. The molecule has 1 rings (SSSR count). The van der Waals surface area contributed by atoms with Gasteiger partial charge in [-0.05, 0) is 46.9 Å². The number of halogens is 7. The van der Waals surface area contributed by atoms with Crippen LogP contribution in [0.1, 0.15) is 0 Å². The second kappa shape index (κ2) is 6.83. The molecule has 0 aliphatic carbocycles. The van der Waals surface area contributed by atoms with Crippen molar-refractivity contribution in [2.45, 2.75) is 11.0 Å². The van der Waals surface area contributed by atoms with Gasteiger partial charge in [-0.15, -0.1) is 0 Å². The van der Waals surface area contributed by atoms with Crippen LogP contribution < -0.4 is 4.74 Å². The van der Waals surface area contributed by atoms with Gasteiger partial charge >= 0.3 is 20.9 Å². The maximum absolute atomic E-state index is 11.0. The minimum absolute atomic E-state index is 0.912. The van der Waals surface area contributed by atoms with E-state index in [1.165, 1.54) is 3.57 Å². The van der Waals surface area contributed by atoms with Crippen molar-refractivity contribution >= 4 is 32.4 Å². The average molecular weight is 436 g/mol. The first-order valence-electron chi connectivity index (χ1n) is 4.50. The highest BCUT2D eigenvalue weighted by atomic mass is 127. The highest BCUT2D eigenvalue weighted by Crippen LogP contribution is 2.36. The Balaban J connectivity index is 0.000000367. The van der Waals surface area contributed by atoms with Crippen molar-refractivity contribution in [3.05, 3.63) is 27.8 Å². The van der Waals surface area contributed by atoms with E-state index in [-0.39, 0.29) is 0 Å². The van der Waals surface area contributed by atoms with Gasteiger partial charge in [-0.1, -0.05) is 0 Å². The van der Waals surface area contributed by atoms with Gasteiger partial charge < -0.3 is 4.74 Å². The molecule has 0 unspecified atom stereocenters. The van der Waals surface area contributed by atoms with E-state index in [0.717, 1.165) is 5.75 Å². The Labute approximate surface area is 124 Å². The summed E-state index contributed by atoms with van der Waals surface area (Å²) in [7, 11) is -5.35. The molecule has 11 heteroatoms. The molecule has 0 N–H and O–H groups in total. The number of methoxy groups -OCH3 is 1. The fourth-order valence-electron chi connectivity index (χ4n) is 0.702. The van der Waals surface area contributed by atoms with Crippen LogP contribution in [-0.4, -0.2) is 26.5 Å². The molecule has 0 fully saturated rings. The van der Waals surface area contributed by atoms with Crippen LogP contribution >= 0.6 is 22.6 Å². The molecule has 0 aromatic heterocycles. The highest BCUT2D eigenvalue weighted by molar-refractivity contribution is 14.1. The molecule has 1 aromatic rings. The monoisotopic (exact) mass is 436 g/mol. The third-order valence-electron chi connectivity index (χ3n) is 1.66. The second-order valence-electron chi connectivity index (χ2n) is 3.05. The Morgan fingerprint density at radius 1 is 0.950 bits per heavy atom. The molecule has 1 aromatic carbocycles. The summed E-state index contributed by atoms with van der Waals surface area (Å²) in [5.74, 6) is 0.912. The molecule has 0 spiro atoms. The third kappa shape index (κ3) is 5.34. The van der Waals surface area contributed by atoms with E-state index in [1.807, 2.05) is 24.3 Å². The number of sulfone groups is 1. The van der Waals surface area contributed by atoms with Gasteiger partial charge in [0.1, 0.15) is 5.75 Å². The zero-order valence-corrected chi connectivity index (χ0v) is 12.6. The van der Waals surface area contributed by atoms with Gasteiger partial charge in [0.25, 0.3) is 0 Å². The Hall–Kier alpha value is -0.720. The van der Waals surface area contributed by atoms with E-state index >= 15 is 0 Å². The largest absolute Gasteiger partial charge is 0.506 e. The topological polar surface area (TPSA) is 43.4 Å². The van der Waals surface area contributed by atoms with Crippen molar-refractivity contribution in [2.75, 3.05) is 7.11 Å². The van der Waals surface area contributed by atoms with Crippen LogP contribution in [0, 0.1) is 3.57 Å². The molecule has 116 valence electrons. The summed E-state index contributed by atoms with van der Waals surface area (Å²) in [6, 6.07) is 7.92. The molecule has 0 saturated heterocycles. The van der Waals surface area contributed by atoms with Crippen LogP contribution in [-0.2, 0) is 9.84 Å². The molecule has 0 amide bonds. The maximum Gasteiger partial charge on any atom is 0.506 e. The Kier molecular flexibility index (Phi) is 6.58. The lowest BCUT2D eigenvalue weighted by Gasteiger charge is -2.09. The summed E-state index contributed by atoms with van der Waals surface area (Å²) in [6.45, 7) is 0. The molecule has 0 aliphatic heterocycles. The van der Waals surface area contributed by atoms with Crippen LogP contribution in [0.25, 0.3) is 0 Å². The number of hydrogen-bond acceptors (Lipinski definition) is 3. The number of alkyl halides is 6. The quantitative estimate of drug-likeness (QED) is 0.498. The van der Waals surface area contributed by atoms with Gasteiger partial charge in [-0.2, -0.15) is 26.3 Å². The van der Waals surface area contributed by atoms with Gasteiger partial charge in [0.2, 0.25) is 0 Å². The van der Waals surface area contributed by atoms with Gasteiger partial charge in [0, 0.05) is 3.57 Å². The van der Waals surface area contributed by atoms with E-state index < -0.39 is 20.9 Å². The van der Waals surface area contributed by atoms with E-state index in [2.05, 4.69) is 22.6 Å². The first-order chi connectivity index (χ1) is 8.83. The maximum atomic E-state index is 11.0. The fourth-order valence-corrected chi connectivity index (χ4v) is 1.32. The number of hydrogen-bond donors (Lipinski definition) is 0. The van der Waals surface area contributed by atoms with E-state index in [0.29, 0.717) is 0 Å². The standard InChI is InChI=1S/C7H7IO.C2F6O2S/c1-9-7-4-2-6(8)3-5-7;3-1(4,5)11(9,10)2(6,7)8/h2-5H,1H3;. The van der Waals surface area contributed by atoms with E-state index in [1.54, 1.807) is 7.11 Å². The summed E-state index contributed by atoms with van der Waals surface area (Å²) in [5.41, 5.74) is -12.5. The minimum atomic E-state index is -7.01. The summed E-state index contributed by atoms with van der Waals surface area (Å²) >= 11 is 2.26. The van der Waals surface area contributed by atoms with Gasteiger partial charge in [-0.3, -0.25) is 0 Å². The molecular weight excluding hydrogens is 429 g/mol. The summed E-state index contributed by atoms with van der Waals surface area (Å²) in [5, 5.41) is 0. The molecule has 0 bridgehead atoms. The van der Waals surface area contributed by atoms with Crippen LogP contribution in [0.3, 0.4) is 0 Å². The molecule has 0 saturated carbocycles. The smallest absolute Gasteiger partial charge is 0.497 e. The van der Waals surface area contributed by atoms with Crippen molar-refractivity contribution in [3.8, 4) is 5.75 Å². The lowest BCUT2D eigenvalue weighted by atomic mass is 10.3. The number of ether oxygens (including phenoxy) is 1. The van der Waals surface area contributed by atoms with Gasteiger partial charge in [-0.25, -0.2) is 8.42 Å². The van der Waals surface area contributed by atoms with Gasteiger partial charge in [0.05, 0.1) is 7.11 Å². The van der Waals surface area contributed by atoms with Crippen molar-refractivity contribution in [3.63, 3.8) is 0 Å². The van der Waals surface area contributed by atoms with Crippen LogP contribution in [0.15, 0.2) is 24.3 Å². The minimum Gasteiger partial charge on any atom is -0.497 e. The first kappa shape index (κ1) is 19.3. The number of benzene rings is 1. The molecule has 0 heterocycles. The summed E-state index contributed by atoms with van der Waals surface area (Å²) in [4.78, 5) is 0. The van der Waals surface area contributed by atoms with Crippen LogP contribution in [0.4, 0.5) is 26.3 Å². The van der Waals surface area contributed by atoms with Crippen LogP contribution in [0.2, 0.25) is 0 Å². The number of rotatable bonds is 1. The van der Waals surface area contributed by atoms with E-state index in [4.69, 9.17) is 4.74 Å². The highest BCUT2D eigenvalue weighted by Gasteiger charge is 2.63. The van der Waals surface area contributed by atoms with Crippen molar-refractivity contribution < 1.29 is 39.5 Å². The molecular formula is C9H7F6IO3S. The summed E-state index contributed by atoms with van der Waals surface area (Å²) < 4.78 is 91.2. The first-order valence-corrected chi connectivity index (χ1v) is 7.06. The van der Waals surface area contributed by atoms with Crippen LogP contribution in [0.5, 0.6) is 5.75 Å². The predicted molar refractivity (Wildman–Crippen MR) is 66.7 cm³/mol. The molecule has 0 atom stereocenters. The van der Waals surface area contributed by atoms with Gasteiger partial charge in [0.15, 0.2) is 0 Å². The third-order valence-corrected chi connectivity index (χ3v) is 3.60. The van der Waals surface area contributed by atoms with E-state index in [9.17, 15) is 34.8 Å². The molecule has 3 nitrogen and oxygen atoms in total. The fraction of sp³-hybridized carbons (Fsp3) is 0.333. The molecule has 20 heavy (non-hydrogen) atoms. The predicted octanol–water partition coefficient (Wildman–Crippen LogP) is 3.74.